The van der Waals surface area contributed by atoms with Gasteiger partial charge in [-0.1, -0.05) is 121 Å². The topological polar surface area (TPSA) is 273 Å². The molecule has 3 aliphatic heterocycles. The Hall–Kier alpha value is -8.42. The molecule has 0 bridgehead atoms. The van der Waals surface area contributed by atoms with Crippen molar-refractivity contribution in [3.63, 3.8) is 0 Å². The van der Waals surface area contributed by atoms with E-state index >= 15 is 0 Å². The highest BCUT2D eigenvalue weighted by Gasteiger charge is 2.41. The molecule has 412 valence electrons. The van der Waals surface area contributed by atoms with Crippen LogP contribution < -0.4 is 42.5 Å². The average Bonchev–Trinajstić information content (AvgIpc) is 4.14. The lowest BCUT2D eigenvalue weighted by Gasteiger charge is -2.30. The monoisotopic (exact) mass is 1070 g/mol. The third-order valence-corrected chi connectivity index (χ3v) is 14.3. The molecule has 10 amide bonds. The van der Waals surface area contributed by atoms with E-state index in [1.807, 2.05) is 0 Å². The fraction of sp³-hybridized carbons (Fsp3) is 0.414. The van der Waals surface area contributed by atoms with Crippen LogP contribution >= 0.6 is 0 Å². The van der Waals surface area contributed by atoms with Crippen molar-refractivity contribution in [2.45, 2.75) is 139 Å². The fourth-order valence-electron chi connectivity index (χ4n) is 9.98. The van der Waals surface area contributed by atoms with Gasteiger partial charge in [-0.05, 0) is 75.6 Å². The lowest BCUT2D eigenvalue weighted by molar-refractivity contribution is -0.142. The molecular weight excluding hydrogens is 997 g/mol. The van der Waals surface area contributed by atoms with Crippen LogP contribution in [0.15, 0.2) is 121 Å². The molecule has 20 heteroatoms. The van der Waals surface area contributed by atoms with E-state index in [0.29, 0.717) is 35.1 Å². The van der Waals surface area contributed by atoms with E-state index in [4.69, 9.17) is 0 Å². The van der Waals surface area contributed by atoms with Crippen molar-refractivity contribution in [1.29, 1.82) is 0 Å². The van der Waals surface area contributed by atoms with Crippen LogP contribution in [-0.2, 0) is 73.6 Å². The molecule has 0 unspecified atom stereocenters. The standard InChI is InChI=1S/C58H70N10O10/c1-35-49(69)61-37(3)57(77)67-29-17-27-47(67)55(75)66-46(34-42-25-15-8-16-26-42)54(74)64-44(32-40-21-11-6-12-22-40)52(72)60-36(2)50(70)62-38(4)58(78)68-30-18-28-48(68)56(76)65-45(33-41-23-13-7-14-24-41)53(73)63-43(51(71)59-35)31-39-19-9-5-10-20-39/h5-16,19-26,35-38,43-48H,17-18,27-34H2,1-4H3,(H,59,71)(H,60,72)(H,61,69)(H,62,70)(H,63,73)(H,64,74)(H,65,76)(H,66,75)/t35-,36-,37-,38-,43-,44-,45-,46-,47-,48-/m0/s1. The minimum absolute atomic E-state index is 0.00321. The number of nitrogens with zero attached hydrogens (tertiary/aromatic N) is 2. The number of hydrogen-bond donors (Lipinski definition) is 8. The molecule has 0 aromatic heterocycles. The van der Waals surface area contributed by atoms with Gasteiger partial charge in [-0.3, -0.25) is 47.9 Å². The highest BCUT2D eigenvalue weighted by Crippen LogP contribution is 2.21. The smallest absolute Gasteiger partial charge is 0.245 e. The van der Waals surface area contributed by atoms with E-state index in [-0.39, 0.29) is 51.6 Å². The van der Waals surface area contributed by atoms with Crippen molar-refractivity contribution in [3.8, 4) is 0 Å². The lowest BCUT2D eigenvalue weighted by atomic mass is 10.0. The van der Waals surface area contributed by atoms with Crippen LogP contribution in [0.1, 0.15) is 75.6 Å². The van der Waals surface area contributed by atoms with Crippen LogP contribution in [0.4, 0.5) is 0 Å². The summed E-state index contributed by atoms with van der Waals surface area (Å²) < 4.78 is 0. The van der Waals surface area contributed by atoms with Crippen LogP contribution in [0.2, 0.25) is 0 Å². The Kier molecular flexibility index (Phi) is 19.9. The number of benzene rings is 4. The molecule has 8 N–H and O–H groups in total. The maximum absolute atomic E-state index is 14.5. The summed E-state index contributed by atoms with van der Waals surface area (Å²) in [6.45, 7) is 6.10. The second kappa shape index (κ2) is 27.1. The van der Waals surface area contributed by atoms with Gasteiger partial charge < -0.3 is 52.3 Å². The van der Waals surface area contributed by atoms with E-state index in [1.165, 1.54) is 37.5 Å². The number of amides is 10. The molecule has 10 atom stereocenters. The molecule has 0 spiro atoms. The average molecular weight is 1070 g/mol. The molecule has 4 aromatic carbocycles. The van der Waals surface area contributed by atoms with Gasteiger partial charge in [-0.15, -0.1) is 0 Å². The van der Waals surface area contributed by atoms with Crippen molar-refractivity contribution >= 4 is 59.1 Å². The highest BCUT2D eigenvalue weighted by atomic mass is 16.2. The molecule has 0 saturated carbocycles. The van der Waals surface area contributed by atoms with Gasteiger partial charge in [-0.25, -0.2) is 0 Å². The Bertz CT molecular complexity index is 2600. The van der Waals surface area contributed by atoms with Crippen molar-refractivity contribution in [3.05, 3.63) is 144 Å². The quantitative estimate of drug-likeness (QED) is 0.124. The molecule has 3 fully saturated rings. The molecular formula is C58H70N10O10. The predicted molar refractivity (Wildman–Crippen MR) is 288 cm³/mol. The van der Waals surface area contributed by atoms with Gasteiger partial charge in [0.05, 0.1) is 0 Å². The van der Waals surface area contributed by atoms with Crippen LogP contribution in [0.3, 0.4) is 0 Å². The summed E-state index contributed by atoms with van der Waals surface area (Å²) in [4.78, 5) is 145. The van der Waals surface area contributed by atoms with Gasteiger partial charge in [-0.2, -0.15) is 0 Å². The van der Waals surface area contributed by atoms with Gasteiger partial charge in [0.15, 0.2) is 0 Å². The van der Waals surface area contributed by atoms with Gasteiger partial charge in [0, 0.05) is 38.8 Å². The first-order chi connectivity index (χ1) is 37.4. The summed E-state index contributed by atoms with van der Waals surface area (Å²) in [7, 11) is 0. The first-order valence-corrected chi connectivity index (χ1v) is 26.6. The molecule has 7 rings (SSSR count). The largest absolute Gasteiger partial charge is 0.343 e. The second-order valence-electron chi connectivity index (χ2n) is 20.3. The Morgan fingerprint density at radius 3 is 0.846 bits per heavy atom. The van der Waals surface area contributed by atoms with Crippen molar-refractivity contribution in [1.82, 2.24) is 52.3 Å². The Labute approximate surface area is 454 Å². The van der Waals surface area contributed by atoms with Crippen LogP contribution in [0, 0.1) is 0 Å². The number of hydrogen-bond acceptors (Lipinski definition) is 10. The minimum Gasteiger partial charge on any atom is -0.343 e. The summed E-state index contributed by atoms with van der Waals surface area (Å²) in [5.74, 6) is -6.77. The van der Waals surface area contributed by atoms with Gasteiger partial charge in [0.25, 0.3) is 0 Å². The summed E-state index contributed by atoms with van der Waals surface area (Å²) in [5.41, 5.74) is 2.73. The Morgan fingerprint density at radius 2 is 0.564 bits per heavy atom. The van der Waals surface area contributed by atoms with Crippen molar-refractivity contribution < 1.29 is 47.9 Å². The first-order valence-electron chi connectivity index (χ1n) is 26.6. The second-order valence-corrected chi connectivity index (χ2v) is 20.3. The zero-order valence-electron chi connectivity index (χ0n) is 44.4. The molecule has 0 aliphatic carbocycles. The third kappa shape index (κ3) is 15.4. The number of carbonyl (C=O) groups is 10. The third-order valence-electron chi connectivity index (χ3n) is 14.3. The summed E-state index contributed by atoms with van der Waals surface area (Å²) >= 11 is 0. The highest BCUT2D eigenvalue weighted by molar-refractivity contribution is 5.99. The van der Waals surface area contributed by atoms with Crippen LogP contribution in [0.5, 0.6) is 0 Å². The normalized spacial score (nSPS) is 26.9. The molecule has 4 aromatic rings. The van der Waals surface area contributed by atoms with E-state index in [9.17, 15) is 47.9 Å². The Balaban J connectivity index is 1.19. The number of rotatable bonds is 8. The summed E-state index contributed by atoms with van der Waals surface area (Å²) in [6, 6.07) is 23.7. The zero-order valence-corrected chi connectivity index (χ0v) is 44.4. The number of fused-ring (bicyclic) bond motifs is 2. The molecule has 3 heterocycles. The minimum atomic E-state index is -1.27. The van der Waals surface area contributed by atoms with Crippen molar-refractivity contribution in [2.75, 3.05) is 13.1 Å². The van der Waals surface area contributed by atoms with Gasteiger partial charge >= 0.3 is 0 Å². The zero-order chi connectivity index (χ0) is 55.9. The number of nitrogens with one attached hydrogen (secondary N) is 8. The first kappa shape index (κ1) is 57.3. The SMILES string of the molecule is C[C@@H]1NC(=O)[C@H](Cc2ccccc2)NC(=O)[C@H](Cc2ccccc2)NC(=O)[C@@H]2CCCN2C(=O)[C@H](C)NC(=O)[C@H](C)NC(=O)[C@H](Cc2ccccc2)NC(=O)[C@H](Cc2ccccc2)NC(=O)[C@@H]2CCCN2C(=O)[C@H](C)NC1=O. The van der Waals surface area contributed by atoms with Crippen molar-refractivity contribution in [2.24, 2.45) is 0 Å². The van der Waals surface area contributed by atoms with E-state index < -0.39 is 119 Å². The van der Waals surface area contributed by atoms with Crippen LogP contribution in [-0.4, -0.2) is 142 Å². The maximum atomic E-state index is 14.5. The summed E-state index contributed by atoms with van der Waals surface area (Å²) in [5, 5.41) is 22.0. The van der Waals surface area contributed by atoms with Gasteiger partial charge in [0.2, 0.25) is 59.1 Å². The summed E-state index contributed by atoms with van der Waals surface area (Å²) in [6.07, 6.45) is 1.36. The molecule has 78 heavy (non-hydrogen) atoms. The predicted octanol–water partition coefficient (Wildman–Crippen LogP) is 0.911. The molecule has 3 aliphatic rings. The molecule has 0 radical (unpaired) electrons. The molecule has 20 nitrogen and oxygen atoms in total. The van der Waals surface area contributed by atoms with E-state index in [0.717, 1.165) is 0 Å². The Morgan fingerprint density at radius 1 is 0.321 bits per heavy atom. The fourth-order valence-corrected chi connectivity index (χ4v) is 9.98. The van der Waals surface area contributed by atoms with Gasteiger partial charge in [0.1, 0.15) is 60.4 Å². The van der Waals surface area contributed by atoms with E-state index in [1.54, 1.807) is 121 Å². The molecule has 3 saturated heterocycles. The number of carbonyl (C=O) groups excluding carboxylic acids is 10. The lowest BCUT2D eigenvalue weighted by Crippen LogP contribution is -2.61. The van der Waals surface area contributed by atoms with E-state index in [2.05, 4.69) is 42.5 Å². The maximum Gasteiger partial charge on any atom is 0.245 e. The van der Waals surface area contributed by atoms with Crippen LogP contribution in [0.25, 0.3) is 0 Å².